The molecule has 1 N–H and O–H groups in total. The van der Waals surface area contributed by atoms with Gasteiger partial charge in [-0.1, -0.05) is 29.3 Å². The predicted octanol–water partition coefficient (Wildman–Crippen LogP) is 5.28. The summed E-state index contributed by atoms with van der Waals surface area (Å²) >= 11 is 14.0. The highest BCUT2D eigenvalue weighted by Crippen LogP contribution is 2.31. The lowest BCUT2D eigenvalue weighted by molar-refractivity contribution is 1.14. The predicted molar refractivity (Wildman–Crippen MR) is 77.6 cm³/mol. The first-order chi connectivity index (χ1) is 8.08. The van der Waals surface area contributed by atoms with Gasteiger partial charge in [-0.15, -0.1) is 11.3 Å². The van der Waals surface area contributed by atoms with Crippen molar-refractivity contribution in [2.75, 3.05) is 5.32 Å². The second kappa shape index (κ2) is 5.30. The SMILES string of the molecule is Cc1cc(CNc2c(Cl)cccc2Cl)c(C)s1. The average Bonchev–Trinajstić information content (AvgIpc) is 2.57. The molecule has 0 spiro atoms. The van der Waals surface area contributed by atoms with Gasteiger partial charge in [-0.3, -0.25) is 0 Å². The number of hydrogen-bond donors (Lipinski definition) is 1. The van der Waals surface area contributed by atoms with E-state index in [1.807, 2.05) is 18.2 Å². The van der Waals surface area contributed by atoms with Crippen LogP contribution in [0.3, 0.4) is 0 Å². The maximum Gasteiger partial charge on any atom is 0.0721 e. The van der Waals surface area contributed by atoms with E-state index in [0.29, 0.717) is 10.0 Å². The first-order valence-electron chi connectivity index (χ1n) is 5.31. The van der Waals surface area contributed by atoms with Gasteiger partial charge in [-0.2, -0.15) is 0 Å². The smallest absolute Gasteiger partial charge is 0.0721 e. The number of nitrogens with one attached hydrogen (secondary N) is 1. The summed E-state index contributed by atoms with van der Waals surface area (Å²) in [4.78, 5) is 2.66. The molecule has 0 unspecified atom stereocenters. The van der Waals surface area contributed by atoms with Crippen LogP contribution in [0, 0.1) is 13.8 Å². The Morgan fingerprint density at radius 1 is 1.18 bits per heavy atom. The zero-order valence-corrected chi connectivity index (χ0v) is 12.0. The molecule has 0 radical (unpaired) electrons. The van der Waals surface area contributed by atoms with E-state index >= 15 is 0 Å². The number of halogens is 2. The van der Waals surface area contributed by atoms with Gasteiger partial charge < -0.3 is 5.32 Å². The third-order valence-electron chi connectivity index (χ3n) is 2.56. The van der Waals surface area contributed by atoms with Crippen molar-refractivity contribution < 1.29 is 0 Å². The lowest BCUT2D eigenvalue weighted by atomic mass is 10.2. The Balaban J connectivity index is 2.15. The zero-order chi connectivity index (χ0) is 12.4. The van der Waals surface area contributed by atoms with Crippen molar-refractivity contribution in [2.45, 2.75) is 20.4 Å². The highest BCUT2D eigenvalue weighted by Gasteiger charge is 2.07. The van der Waals surface area contributed by atoms with E-state index in [-0.39, 0.29) is 0 Å². The number of hydrogen-bond acceptors (Lipinski definition) is 2. The van der Waals surface area contributed by atoms with Gasteiger partial charge in [-0.25, -0.2) is 0 Å². The van der Waals surface area contributed by atoms with Crippen molar-refractivity contribution in [3.63, 3.8) is 0 Å². The number of aryl methyl sites for hydroxylation is 2. The largest absolute Gasteiger partial charge is 0.379 e. The molecule has 0 fully saturated rings. The molecular formula is C13H13Cl2NS. The summed E-state index contributed by atoms with van der Waals surface area (Å²) in [6.07, 6.45) is 0. The molecule has 2 aromatic rings. The minimum absolute atomic E-state index is 0.655. The van der Waals surface area contributed by atoms with Crippen LogP contribution in [-0.4, -0.2) is 0 Å². The van der Waals surface area contributed by atoms with E-state index in [9.17, 15) is 0 Å². The summed E-state index contributed by atoms with van der Waals surface area (Å²) in [6.45, 7) is 4.99. The van der Waals surface area contributed by atoms with Crippen molar-refractivity contribution >= 4 is 40.2 Å². The summed E-state index contributed by atoms with van der Waals surface area (Å²) in [5, 5.41) is 4.60. The van der Waals surface area contributed by atoms with E-state index in [1.54, 1.807) is 11.3 Å². The van der Waals surface area contributed by atoms with Crippen LogP contribution in [0.5, 0.6) is 0 Å². The van der Waals surface area contributed by atoms with Crippen LogP contribution in [0.2, 0.25) is 10.0 Å². The van der Waals surface area contributed by atoms with Gasteiger partial charge in [0.2, 0.25) is 0 Å². The Morgan fingerprint density at radius 2 is 1.82 bits per heavy atom. The van der Waals surface area contributed by atoms with Crippen molar-refractivity contribution in [3.8, 4) is 0 Å². The molecule has 0 atom stereocenters. The maximum atomic E-state index is 6.10. The first-order valence-corrected chi connectivity index (χ1v) is 6.89. The highest BCUT2D eigenvalue weighted by atomic mass is 35.5. The monoisotopic (exact) mass is 285 g/mol. The quantitative estimate of drug-likeness (QED) is 0.809. The van der Waals surface area contributed by atoms with Crippen LogP contribution >= 0.6 is 34.5 Å². The molecule has 0 bridgehead atoms. The van der Waals surface area contributed by atoms with Gasteiger partial charge in [0.05, 0.1) is 15.7 Å². The van der Waals surface area contributed by atoms with Gasteiger partial charge in [0.15, 0.2) is 0 Å². The van der Waals surface area contributed by atoms with Crippen LogP contribution in [0.25, 0.3) is 0 Å². The van der Waals surface area contributed by atoms with E-state index in [0.717, 1.165) is 12.2 Å². The Labute approximate surface area is 115 Å². The molecule has 0 saturated heterocycles. The molecule has 1 aromatic carbocycles. The molecule has 2 rings (SSSR count). The molecule has 0 aliphatic heterocycles. The standard InChI is InChI=1S/C13H13Cl2NS/c1-8-6-10(9(2)17-8)7-16-13-11(14)4-3-5-12(13)15/h3-6,16H,7H2,1-2H3. The average molecular weight is 286 g/mol. The second-order valence-corrected chi connectivity index (χ2v) is 6.16. The second-order valence-electron chi connectivity index (χ2n) is 3.89. The fourth-order valence-electron chi connectivity index (χ4n) is 1.71. The Hall–Kier alpha value is -0.700. The number of benzene rings is 1. The number of rotatable bonds is 3. The number of para-hydroxylation sites is 1. The summed E-state index contributed by atoms with van der Waals surface area (Å²) in [5.74, 6) is 0. The number of anilines is 1. The molecule has 1 aromatic heterocycles. The molecule has 0 saturated carbocycles. The molecule has 0 aliphatic rings. The molecule has 1 nitrogen and oxygen atoms in total. The summed E-state index contributed by atoms with van der Waals surface area (Å²) in [5.41, 5.74) is 2.10. The third-order valence-corrected chi connectivity index (χ3v) is 4.20. The Bertz CT molecular complexity index is 514. The fourth-order valence-corrected chi connectivity index (χ4v) is 3.19. The summed E-state index contributed by atoms with van der Waals surface area (Å²) in [7, 11) is 0. The fraction of sp³-hybridized carbons (Fsp3) is 0.231. The molecule has 1 heterocycles. The van der Waals surface area contributed by atoms with Crippen LogP contribution in [0.15, 0.2) is 24.3 Å². The normalized spacial score (nSPS) is 10.6. The Kier molecular flexibility index (Phi) is 3.97. The Morgan fingerprint density at radius 3 is 2.35 bits per heavy atom. The minimum Gasteiger partial charge on any atom is -0.379 e. The topological polar surface area (TPSA) is 12.0 Å². The molecular weight excluding hydrogens is 273 g/mol. The molecule has 4 heteroatoms. The molecule has 17 heavy (non-hydrogen) atoms. The molecule has 0 amide bonds. The van der Waals surface area contributed by atoms with Crippen molar-refractivity contribution in [2.24, 2.45) is 0 Å². The number of thiophene rings is 1. The summed E-state index contributed by atoms with van der Waals surface area (Å²) < 4.78 is 0. The molecule has 90 valence electrons. The highest BCUT2D eigenvalue weighted by molar-refractivity contribution is 7.12. The van der Waals surface area contributed by atoms with Crippen molar-refractivity contribution in [1.29, 1.82) is 0 Å². The summed E-state index contributed by atoms with van der Waals surface area (Å²) in [6, 6.07) is 7.70. The van der Waals surface area contributed by atoms with Gasteiger partial charge >= 0.3 is 0 Å². The van der Waals surface area contributed by atoms with Gasteiger partial charge in [0, 0.05) is 16.3 Å². The van der Waals surface area contributed by atoms with E-state index in [1.165, 1.54) is 15.3 Å². The lowest BCUT2D eigenvalue weighted by Gasteiger charge is -2.09. The zero-order valence-electron chi connectivity index (χ0n) is 9.68. The van der Waals surface area contributed by atoms with Gasteiger partial charge in [0.1, 0.15) is 0 Å². The third kappa shape index (κ3) is 2.95. The van der Waals surface area contributed by atoms with Crippen molar-refractivity contribution in [1.82, 2.24) is 0 Å². The maximum absolute atomic E-state index is 6.10. The first kappa shape index (κ1) is 12.7. The van der Waals surface area contributed by atoms with Crippen LogP contribution in [0.4, 0.5) is 5.69 Å². The van der Waals surface area contributed by atoms with Crippen LogP contribution in [0.1, 0.15) is 15.3 Å². The van der Waals surface area contributed by atoms with Crippen LogP contribution < -0.4 is 5.32 Å². The van der Waals surface area contributed by atoms with Crippen LogP contribution in [-0.2, 0) is 6.54 Å². The van der Waals surface area contributed by atoms with E-state index in [4.69, 9.17) is 23.2 Å². The van der Waals surface area contributed by atoms with E-state index < -0.39 is 0 Å². The van der Waals surface area contributed by atoms with Gasteiger partial charge in [0.25, 0.3) is 0 Å². The van der Waals surface area contributed by atoms with Crippen molar-refractivity contribution in [3.05, 3.63) is 49.6 Å². The van der Waals surface area contributed by atoms with Gasteiger partial charge in [-0.05, 0) is 37.6 Å². The minimum atomic E-state index is 0.655. The lowest BCUT2D eigenvalue weighted by Crippen LogP contribution is -2.00. The van der Waals surface area contributed by atoms with E-state index in [2.05, 4.69) is 25.2 Å². The molecule has 0 aliphatic carbocycles.